The number of alkyl halides is 1. The molecule has 0 bridgehead atoms. The van der Waals surface area contributed by atoms with E-state index in [1.54, 1.807) is 0 Å². The van der Waals surface area contributed by atoms with Crippen LogP contribution in [0.3, 0.4) is 0 Å². The first-order valence-electron chi connectivity index (χ1n) is 5.25. The molecule has 0 fully saturated rings. The van der Waals surface area contributed by atoms with E-state index in [1.807, 2.05) is 13.0 Å². The molecule has 16 heavy (non-hydrogen) atoms. The molecule has 0 aliphatic carbocycles. The molecular weight excluding hydrogens is 354 g/mol. The van der Waals surface area contributed by atoms with Gasteiger partial charge in [-0.2, -0.15) is 0 Å². The summed E-state index contributed by atoms with van der Waals surface area (Å²) in [6, 6.07) is 1.92. The van der Waals surface area contributed by atoms with E-state index in [1.165, 1.54) is 17.8 Å². The van der Waals surface area contributed by atoms with Crippen LogP contribution in [0.5, 0.6) is 0 Å². The van der Waals surface area contributed by atoms with Gasteiger partial charge in [0, 0.05) is 11.9 Å². The molecular formula is C11H15Br2NOS. The number of amides is 1. The van der Waals surface area contributed by atoms with E-state index < -0.39 is 0 Å². The van der Waals surface area contributed by atoms with Crippen molar-refractivity contribution in [2.45, 2.75) is 26.2 Å². The van der Waals surface area contributed by atoms with E-state index in [0.717, 1.165) is 38.9 Å². The summed E-state index contributed by atoms with van der Waals surface area (Å²) in [5.41, 5.74) is 1.12. The maximum absolute atomic E-state index is 11.7. The van der Waals surface area contributed by atoms with Crippen LogP contribution < -0.4 is 5.32 Å². The van der Waals surface area contributed by atoms with Crippen LogP contribution in [0.15, 0.2) is 9.85 Å². The lowest BCUT2D eigenvalue weighted by atomic mass is 10.2. The third-order valence-electron chi connectivity index (χ3n) is 2.18. The van der Waals surface area contributed by atoms with Crippen molar-refractivity contribution in [3.63, 3.8) is 0 Å². The molecule has 1 heterocycles. The van der Waals surface area contributed by atoms with Crippen molar-refractivity contribution in [3.8, 4) is 0 Å². The number of unbranched alkanes of at least 4 members (excludes halogenated alkanes) is 2. The van der Waals surface area contributed by atoms with Gasteiger partial charge in [-0.15, -0.1) is 11.3 Å². The van der Waals surface area contributed by atoms with Crippen LogP contribution in [0.2, 0.25) is 0 Å². The SMILES string of the molecule is Cc1cc(C(=O)NCCCCCBr)sc1Br. The van der Waals surface area contributed by atoms with Crippen LogP contribution in [0, 0.1) is 6.92 Å². The largest absolute Gasteiger partial charge is 0.351 e. The van der Waals surface area contributed by atoms with E-state index in [9.17, 15) is 4.79 Å². The zero-order chi connectivity index (χ0) is 12.0. The summed E-state index contributed by atoms with van der Waals surface area (Å²) >= 11 is 8.29. The Morgan fingerprint density at radius 2 is 2.19 bits per heavy atom. The Balaban J connectivity index is 2.30. The van der Waals surface area contributed by atoms with Crippen molar-refractivity contribution >= 4 is 49.1 Å². The molecule has 5 heteroatoms. The monoisotopic (exact) mass is 367 g/mol. The summed E-state index contributed by atoms with van der Waals surface area (Å²) in [5.74, 6) is 0.0395. The predicted octanol–water partition coefficient (Wildman–Crippen LogP) is 4.11. The van der Waals surface area contributed by atoms with Crippen LogP contribution in [-0.2, 0) is 0 Å². The summed E-state index contributed by atoms with van der Waals surface area (Å²) in [6.45, 7) is 2.76. The van der Waals surface area contributed by atoms with Crippen molar-refractivity contribution in [3.05, 3.63) is 20.3 Å². The molecule has 1 amide bonds. The van der Waals surface area contributed by atoms with Gasteiger partial charge >= 0.3 is 0 Å². The van der Waals surface area contributed by atoms with Gasteiger partial charge in [0.15, 0.2) is 0 Å². The van der Waals surface area contributed by atoms with Gasteiger partial charge in [0.25, 0.3) is 5.91 Å². The van der Waals surface area contributed by atoms with Crippen LogP contribution in [0.25, 0.3) is 0 Å². The van der Waals surface area contributed by atoms with Crippen molar-refractivity contribution in [2.75, 3.05) is 11.9 Å². The second-order valence-corrected chi connectivity index (χ2v) is 6.74. The second-order valence-electron chi connectivity index (χ2n) is 3.57. The molecule has 1 aromatic rings. The summed E-state index contributed by atoms with van der Waals surface area (Å²) in [4.78, 5) is 12.5. The maximum Gasteiger partial charge on any atom is 0.261 e. The third kappa shape index (κ3) is 4.55. The molecule has 0 aliphatic rings. The van der Waals surface area contributed by atoms with E-state index in [4.69, 9.17) is 0 Å². The topological polar surface area (TPSA) is 29.1 Å². The minimum absolute atomic E-state index is 0.0395. The van der Waals surface area contributed by atoms with Crippen molar-refractivity contribution < 1.29 is 4.79 Å². The zero-order valence-corrected chi connectivity index (χ0v) is 13.2. The number of nitrogens with one attached hydrogen (secondary N) is 1. The number of hydrogen-bond donors (Lipinski definition) is 1. The molecule has 0 unspecified atom stereocenters. The van der Waals surface area contributed by atoms with Crippen molar-refractivity contribution in [1.82, 2.24) is 5.32 Å². The molecule has 2 nitrogen and oxygen atoms in total. The number of hydrogen-bond acceptors (Lipinski definition) is 2. The Kier molecular flexibility index (Phi) is 6.61. The molecule has 0 atom stereocenters. The Labute approximate surface area is 117 Å². The molecule has 0 saturated heterocycles. The number of carbonyl (C=O) groups is 1. The molecule has 1 N–H and O–H groups in total. The number of aryl methyl sites for hydroxylation is 1. The van der Waals surface area contributed by atoms with Gasteiger partial charge < -0.3 is 5.32 Å². The zero-order valence-electron chi connectivity index (χ0n) is 9.19. The van der Waals surface area contributed by atoms with E-state index in [2.05, 4.69) is 37.2 Å². The van der Waals surface area contributed by atoms with Crippen molar-refractivity contribution in [2.24, 2.45) is 0 Å². The lowest BCUT2D eigenvalue weighted by Crippen LogP contribution is -2.23. The standard InChI is InChI=1S/C11H15Br2NOS/c1-8-7-9(16-10(8)13)11(15)14-6-4-2-3-5-12/h7H,2-6H2,1H3,(H,14,15). The van der Waals surface area contributed by atoms with Gasteiger partial charge in [0.1, 0.15) is 0 Å². The van der Waals surface area contributed by atoms with Gasteiger partial charge in [-0.3, -0.25) is 4.79 Å². The van der Waals surface area contributed by atoms with Crippen LogP contribution in [-0.4, -0.2) is 17.8 Å². The Morgan fingerprint density at radius 1 is 1.44 bits per heavy atom. The Morgan fingerprint density at radius 3 is 2.75 bits per heavy atom. The first-order chi connectivity index (χ1) is 7.65. The quantitative estimate of drug-likeness (QED) is 0.594. The highest BCUT2D eigenvalue weighted by Gasteiger charge is 2.09. The average Bonchev–Trinajstić information content (AvgIpc) is 2.59. The smallest absolute Gasteiger partial charge is 0.261 e. The Hall–Kier alpha value is 0.130. The number of carbonyl (C=O) groups excluding carboxylic acids is 1. The number of thiophene rings is 1. The fourth-order valence-corrected chi connectivity index (χ4v) is 3.10. The van der Waals surface area contributed by atoms with E-state index in [-0.39, 0.29) is 5.91 Å². The fraction of sp³-hybridized carbons (Fsp3) is 0.545. The minimum Gasteiger partial charge on any atom is -0.351 e. The summed E-state index contributed by atoms with van der Waals surface area (Å²) in [7, 11) is 0. The lowest BCUT2D eigenvalue weighted by Gasteiger charge is -2.02. The molecule has 0 aliphatic heterocycles. The minimum atomic E-state index is 0.0395. The first-order valence-corrected chi connectivity index (χ1v) is 7.98. The maximum atomic E-state index is 11.7. The van der Waals surface area contributed by atoms with Gasteiger partial charge in [0.2, 0.25) is 0 Å². The first kappa shape index (κ1) is 14.2. The molecule has 1 rings (SSSR count). The fourth-order valence-electron chi connectivity index (χ4n) is 1.26. The van der Waals surface area contributed by atoms with Gasteiger partial charge in [-0.05, 0) is 47.3 Å². The van der Waals surface area contributed by atoms with Crippen LogP contribution >= 0.6 is 43.2 Å². The Bertz CT molecular complexity index is 332. The van der Waals surface area contributed by atoms with E-state index >= 15 is 0 Å². The van der Waals surface area contributed by atoms with Crippen molar-refractivity contribution in [1.29, 1.82) is 0 Å². The molecule has 90 valence electrons. The van der Waals surface area contributed by atoms with E-state index in [0.29, 0.717) is 0 Å². The molecule has 1 aromatic heterocycles. The number of rotatable bonds is 6. The molecule has 0 radical (unpaired) electrons. The lowest BCUT2D eigenvalue weighted by molar-refractivity contribution is 0.0957. The summed E-state index contributed by atoms with van der Waals surface area (Å²) < 4.78 is 1.04. The highest BCUT2D eigenvalue weighted by Crippen LogP contribution is 2.27. The average molecular weight is 369 g/mol. The summed E-state index contributed by atoms with van der Waals surface area (Å²) in [6.07, 6.45) is 3.36. The van der Waals surface area contributed by atoms with Gasteiger partial charge in [-0.25, -0.2) is 0 Å². The second kappa shape index (κ2) is 7.45. The highest BCUT2D eigenvalue weighted by atomic mass is 79.9. The normalized spacial score (nSPS) is 10.4. The van der Waals surface area contributed by atoms with Gasteiger partial charge in [0.05, 0.1) is 8.66 Å². The molecule has 0 saturated carbocycles. The van der Waals surface area contributed by atoms with Crippen LogP contribution in [0.4, 0.5) is 0 Å². The van der Waals surface area contributed by atoms with Crippen LogP contribution in [0.1, 0.15) is 34.5 Å². The summed E-state index contributed by atoms with van der Waals surface area (Å²) in [5, 5.41) is 3.97. The molecule has 0 aromatic carbocycles. The molecule has 0 spiro atoms. The highest BCUT2D eigenvalue weighted by molar-refractivity contribution is 9.11. The van der Waals surface area contributed by atoms with Gasteiger partial charge in [-0.1, -0.05) is 22.4 Å². The number of halogens is 2. The third-order valence-corrected chi connectivity index (χ3v) is 4.87. The predicted molar refractivity (Wildman–Crippen MR) is 76.7 cm³/mol.